The van der Waals surface area contributed by atoms with Gasteiger partial charge in [-0.05, 0) is 46.9 Å². The molecule has 3 rings (SSSR count). The first-order chi connectivity index (χ1) is 14.8. The monoisotopic (exact) mass is 499 g/mol. The summed E-state index contributed by atoms with van der Waals surface area (Å²) in [6.45, 7) is 8.35. The van der Waals surface area contributed by atoms with Gasteiger partial charge >= 0.3 is 0 Å². The van der Waals surface area contributed by atoms with E-state index in [2.05, 4.69) is 53.9 Å². The van der Waals surface area contributed by atoms with Crippen LogP contribution in [0.4, 0.5) is 17.3 Å². The van der Waals surface area contributed by atoms with Crippen LogP contribution in [0.5, 0.6) is 5.75 Å². The number of thiophene rings is 1. The fourth-order valence-corrected chi connectivity index (χ4v) is 5.68. The first-order valence-corrected chi connectivity index (χ1v) is 12.3. The summed E-state index contributed by atoms with van der Waals surface area (Å²) in [7, 11) is -1.27. The van der Waals surface area contributed by atoms with Gasteiger partial charge in [0, 0.05) is 23.8 Å². The number of halogens is 1. The van der Waals surface area contributed by atoms with Crippen LogP contribution in [-0.2, 0) is 10.0 Å². The van der Waals surface area contributed by atoms with Gasteiger partial charge in [0.2, 0.25) is 21.7 Å². The van der Waals surface area contributed by atoms with E-state index in [0.717, 1.165) is 9.18 Å². The van der Waals surface area contributed by atoms with Crippen LogP contribution in [0.1, 0.15) is 36.6 Å². The van der Waals surface area contributed by atoms with Gasteiger partial charge in [0.15, 0.2) is 5.75 Å². The molecule has 12 heteroatoms. The number of aryl methyl sites for hydroxylation is 1. The zero-order valence-electron chi connectivity index (χ0n) is 18.6. The molecule has 1 atom stereocenters. The first kappa shape index (κ1) is 24.3. The Morgan fingerprint density at radius 3 is 2.38 bits per heavy atom. The third-order valence-corrected chi connectivity index (χ3v) is 8.14. The molecule has 0 aliphatic carbocycles. The molecule has 0 aliphatic rings. The van der Waals surface area contributed by atoms with Crippen LogP contribution in [0.2, 0.25) is 5.02 Å². The predicted octanol–water partition coefficient (Wildman–Crippen LogP) is 4.99. The summed E-state index contributed by atoms with van der Waals surface area (Å²) < 4.78 is 31.1. The van der Waals surface area contributed by atoms with Crippen LogP contribution in [0.25, 0.3) is 0 Å². The third-order valence-electron chi connectivity index (χ3n) is 4.76. The first-order valence-electron chi connectivity index (χ1n) is 9.69. The van der Waals surface area contributed by atoms with Crippen molar-refractivity contribution in [1.29, 1.82) is 0 Å². The van der Waals surface area contributed by atoms with Gasteiger partial charge in [-0.15, -0.1) is 11.3 Å². The summed E-state index contributed by atoms with van der Waals surface area (Å²) in [4.78, 5) is 1.91. The molecule has 0 saturated heterocycles. The molecule has 2 heterocycles. The topological polar surface area (TPSA) is 121 Å². The van der Waals surface area contributed by atoms with Crippen LogP contribution in [0.15, 0.2) is 33.8 Å². The second kappa shape index (κ2) is 8.89. The molecule has 0 unspecified atom stereocenters. The third kappa shape index (κ3) is 4.85. The van der Waals surface area contributed by atoms with Gasteiger partial charge in [-0.25, -0.2) is 17.4 Å². The number of nitrogens with one attached hydrogen (secondary N) is 2. The van der Waals surface area contributed by atoms with Crippen molar-refractivity contribution in [2.75, 3.05) is 24.7 Å². The Morgan fingerprint density at radius 2 is 1.81 bits per heavy atom. The summed E-state index contributed by atoms with van der Waals surface area (Å²) in [6, 6.07) is 6.85. The van der Waals surface area contributed by atoms with Crippen molar-refractivity contribution in [3.05, 3.63) is 39.0 Å². The van der Waals surface area contributed by atoms with Crippen molar-refractivity contribution in [3.8, 4) is 5.75 Å². The number of phenols is 1. The molecule has 0 aliphatic heterocycles. The van der Waals surface area contributed by atoms with E-state index in [-0.39, 0.29) is 28.0 Å². The number of phenolic OH excluding ortho intramolecular Hbond substituents is 1. The number of sulfonamides is 1. The lowest BCUT2D eigenvalue weighted by atomic mass is 9.86. The average Bonchev–Trinajstić information content (AvgIpc) is 3.29. The highest BCUT2D eigenvalue weighted by Crippen LogP contribution is 2.42. The van der Waals surface area contributed by atoms with Gasteiger partial charge in [0.1, 0.15) is 4.90 Å². The smallest absolute Gasteiger partial charge is 0.247 e. The molecule has 9 nitrogen and oxygen atoms in total. The van der Waals surface area contributed by atoms with Crippen LogP contribution >= 0.6 is 22.9 Å². The Balaban J connectivity index is 1.96. The number of hydrogen-bond acceptors (Lipinski definition) is 9. The molecule has 32 heavy (non-hydrogen) atoms. The second-order valence-electron chi connectivity index (χ2n) is 8.54. The SMILES string of the molecule is Cc1ccc([C@H](Nc2nonc2Nc2ccc(Cl)c(S(=O)(=O)N(C)C)c2O)C(C)(C)C)s1. The number of hydrogen-bond donors (Lipinski definition) is 3. The zero-order valence-corrected chi connectivity index (χ0v) is 21.0. The molecule has 3 aromatic rings. The summed E-state index contributed by atoms with van der Waals surface area (Å²) in [6.07, 6.45) is 0. The van der Waals surface area contributed by atoms with E-state index in [1.54, 1.807) is 11.3 Å². The predicted molar refractivity (Wildman–Crippen MR) is 126 cm³/mol. The van der Waals surface area contributed by atoms with Crippen molar-refractivity contribution < 1.29 is 18.2 Å². The number of anilines is 3. The van der Waals surface area contributed by atoms with Gasteiger partial charge in [0.05, 0.1) is 16.8 Å². The molecule has 2 aromatic heterocycles. The number of rotatable bonds is 7. The van der Waals surface area contributed by atoms with E-state index >= 15 is 0 Å². The molecular formula is C20H26ClN5O4S2. The van der Waals surface area contributed by atoms with E-state index in [1.165, 1.54) is 31.1 Å². The van der Waals surface area contributed by atoms with E-state index < -0.39 is 20.7 Å². The Morgan fingerprint density at radius 1 is 1.16 bits per heavy atom. The molecule has 0 radical (unpaired) electrons. The zero-order chi connectivity index (χ0) is 23.8. The van der Waals surface area contributed by atoms with Crippen molar-refractivity contribution in [2.45, 2.75) is 38.6 Å². The normalized spacial score (nSPS) is 13.4. The van der Waals surface area contributed by atoms with Gasteiger partial charge in [-0.2, -0.15) is 0 Å². The molecule has 0 bridgehead atoms. The van der Waals surface area contributed by atoms with E-state index in [4.69, 9.17) is 16.2 Å². The Hall–Kier alpha value is -2.34. The lowest BCUT2D eigenvalue weighted by molar-refractivity contribution is 0.307. The van der Waals surface area contributed by atoms with E-state index in [0.29, 0.717) is 5.82 Å². The molecule has 0 amide bonds. The van der Waals surface area contributed by atoms with Gasteiger partial charge in [-0.1, -0.05) is 32.4 Å². The maximum atomic E-state index is 12.6. The number of aromatic nitrogens is 2. The van der Waals surface area contributed by atoms with Crippen LogP contribution < -0.4 is 10.6 Å². The standard InChI is InChI=1S/C20H26ClN5O4S2/c1-11-7-10-14(31-11)17(20(2,3)4)23-19-18(24-30-25-19)22-13-9-8-12(21)16(15(13)27)32(28,29)26(5)6/h7-10,17,27H,1-6H3,(H,22,24)(H,23,25)/t17-/m0/s1. The fourth-order valence-electron chi connectivity index (χ4n) is 3.03. The minimum absolute atomic E-state index is 0.0906. The van der Waals surface area contributed by atoms with Crippen LogP contribution in [0, 0.1) is 12.3 Å². The summed E-state index contributed by atoms with van der Waals surface area (Å²) in [5.41, 5.74) is -0.0732. The maximum absolute atomic E-state index is 12.6. The minimum Gasteiger partial charge on any atom is -0.504 e. The average molecular weight is 500 g/mol. The lowest BCUT2D eigenvalue weighted by Crippen LogP contribution is -2.25. The van der Waals surface area contributed by atoms with E-state index in [1.807, 2.05) is 6.92 Å². The highest BCUT2D eigenvalue weighted by Gasteiger charge is 2.31. The summed E-state index contributed by atoms with van der Waals surface area (Å²) in [5.74, 6) is -0.0119. The molecule has 0 fully saturated rings. The Kier molecular flexibility index (Phi) is 6.75. The molecular weight excluding hydrogens is 474 g/mol. The largest absolute Gasteiger partial charge is 0.504 e. The van der Waals surface area contributed by atoms with Gasteiger partial charge < -0.3 is 15.7 Å². The van der Waals surface area contributed by atoms with E-state index in [9.17, 15) is 13.5 Å². The molecule has 0 saturated carbocycles. The van der Waals surface area contributed by atoms with Crippen molar-refractivity contribution >= 4 is 50.3 Å². The van der Waals surface area contributed by atoms with Crippen molar-refractivity contribution in [1.82, 2.24) is 14.6 Å². The molecule has 3 N–H and O–H groups in total. The number of nitrogens with zero attached hydrogens (tertiary/aromatic N) is 3. The maximum Gasteiger partial charge on any atom is 0.247 e. The highest BCUT2D eigenvalue weighted by atomic mass is 35.5. The lowest BCUT2D eigenvalue weighted by Gasteiger charge is -2.30. The molecule has 1 aromatic carbocycles. The van der Waals surface area contributed by atoms with Gasteiger partial charge in [-0.3, -0.25) is 0 Å². The molecule has 174 valence electrons. The fraction of sp³-hybridized carbons (Fsp3) is 0.400. The van der Waals surface area contributed by atoms with Gasteiger partial charge in [0.25, 0.3) is 0 Å². The van der Waals surface area contributed by atoms with Crippen molar-refractivity contribution in [3.63, 3.8) is 0 Å². The van der Waals surface area contributed by atoms with Crippen LogP contribution in [-0.4, -0.2) is 42.2 Å². The quantitative estimate of drug-likeness (QED) is 0.389. The minimum atomic E-state index is -3.98. The van der Waals surface area contributed by atoms with Crippen LogP contribution in [0.3, 0.4) is 0 Å². The Bertz CT molecular complexity index is 1220. The second-order valence-corrected chi connectivity index (χ2v) is 12.4. The summed E-state index contributed by atoms with van der Waals surface area (Å²) >= 11 is 7.76. The Labute approximate surface area is 196 Å². The van der Waals surface area contributed by atoms with Crippen molar-refractivity contribution in [2.24, 2.45) is 5.41 Å². The highest BCUT2D eigenvalue weighted by molar-refractivity contribution is 7.89. The summed E-state index contributed by atoms with van der Waals surface area (Å²) in [5, 5.41) is 24.7. The number of benzene rings is 1. The number of aromatic hydroxyl groups is 1. The molecule has 0 spiro atoms.